The standard InChI is InChI=1S/C14H21NO4/c1-5-19-14(2,3)9-15-12-8-10(18-4)6-7-11(12)13(16)17/h6-8,15H,5,9H2,1-4H3,(H,16,17). The summed E-state index contributed by atoms with van der Waals surface area (Å²) < 4.78 is 10.7. The molecule has 0 saturated carbocycles. The number of methoxy groups -OCH3 is 1. The summed E-state index contributed by atoms with van der Waals surface area (Å²) in [4.78, 5) is 11.2. The van der Waals surface area contributed by atoms with Crippen molar-refractivity contribution in [3.8, 4) is 5.75 Å². The summed E-state index contributed by atoms with van der Waals surface area (Å²) in [5.74, 6) is -0.360. The summed E-state index contributed by atoms with van der Waals surface area (Å²) in [5, 5.41) is 12.3. The molecule has 0 heterocycles. The number of hydrogen-bond acceptors (Lipinski definition) is 4. The highest BCUT2D eigenvalue weighted by Gasteiger charge is 2.19. The van der Waals surface area contributed by atoms with Crippen molar-refractivity contribution in [1.82, 2.24) is 0 Å². The zero-order valence-electron chi connectivity index (χ0n) is 11.8. The first-order valence-corrected chi connectivity index (χ1v) is 6.19. The molecule has 2 N–H and O–H groups in total. The van der Waals surface area contributed by atoms with Gasteiger partial charge in [-0.3, -0.25) is 0 Å². The second-order valence-electron chi connectivity index (χ2n) is 4.76. The molecule has 0 spiro atoms. The Hall–Kier alpha value is -1.75. The van der Waals surface area contributed by atoms with Gasteiger partial charge in [-0.1, -0.05) is 0 Å². The van der Waals surface area contributed by atoms with Crippen LogP contribution in [0.3, 0.4) is 0 Å². The molecule has 106 valence electrons. The molecule has 0 aromatic heterocycles. The average molecular weight is 267 g/mol. The van der Waals surface area contributed by atoms with Gasteiger partial charge in [0.1, 0.15) is 5.75 Å². The molecule has 19 heavy (non-hydrogen) atoms. The van der Waals surface area contributed by atoms with Gasteiger partial charge in [-0.05, 0) is 32.9 Å². The van der Waals surface area contributed by atoms with E-state index in [9.17, 15) is 4.79 Å². The third-order valence-corrected chi connectivity index (χ3v) is 2.70. The molecule has 0 fully saturated rings. The number of carboxylic acid groups (broad SMARTS) is 1. The van der Waals surface area contributed by atoms with E-state index in [1.54, 1.807) is 19.2 Å². The first-order valence-electron chi connectivity index (χ1n) is 6.19. The lowest BCUT2D eigenvalue weighted by molar-refractivity contribution is 0.000655. The molecule has 0 bridgehead atoms. The molecule has 1 rings (SSSR count). The molecule has 0 amide bonds. The van der Waals surface area contributed by atoms with Crippen molar-refractivity contribution in [2.24, 2.45) is 0 Å². The number of rotatable bonds is 7. The number of carbonyl (C=O) groups is 1. The first kappa shape index (κ1) is 15.3. The van der Waals surface area contributed by atoms with E-state index in [0.717, 1.165) is 0 Å². The molecule has 0 saturated heterocycles. The van der Waals surface area contributed by atoms with Crippen molar-refractivity contribution in [3.05, 3.63) is 23.8 Å². The van der Waals surface area contributed by atoms with E-state index in [-0.39, 0.29) is 11.2 Å². The third-order valence-electron chi connectivity index (χ3n) is 2.70. The van der Waals surface area contributed by atoms with Crippen molar-refractivity contribution in [2.75, 3.05) is 25.6 Å². The van der Waals surface area contributed by atoms with Crippen LogP contribution in [0, 0.1) is 0 Å². The van der Waals surface area contributed by atoms with Crippen LogP contribution in [0.25, 0.3) is 0 Å². The quantitative estimate of drug-likeness (QED) is 0.795. The Bertz CT molecular complexity index is 443. The highest BCUT2D eigenvalue weighted by molar-refractivity contribution is 5.94. The van der Waals surface area contributed by atoms with E-state index in [0.29, 0.717) is 24.6 Å². The number of carboxylic acids is 1. The molecule has 5 heteroatoms. The summed E-state index contributed by atoms with van der Waals surface area (Å²) >= 11 is 0. The van der Waals surface area contributed by atoms with E-state index in [1.807, 2.05) is 20.8 Å². The Morgan fingerprint density at radius 2 is 2.11 bits per heavy atom. The smallest absolute Gasteiger partial charge is 0.337 e. The molecule has 0 aliphatic heterocycles. The van der Waals surface area contributed by atoms with Gasteiger partial charge in [-0.15, -0.1) is 0 Å². The molecule has 0 unspecified atom stereocenters. The van der Waals surface area contributed by atoms with Crippen molar-refractivity contribution in [2.45, 2.75) is 26.4 Å². The van der Waals surface area contributed by atoms with Crippen molar-refractivity contribution < 1.29 is 19.4 Å². The first-order chi connectivity index (χ1) is 8.89. The topological polar surface area (TPSA) is 67.8 Å². The van der Waals surface area contributed by atoms with Crippen LogP contribution in [0.4, 0.5) is 5.69 Å². The zero-order valence-corrected chi connectivity index (χ0v) is 11.8. The Kier molecular flexibility index (Phi) is 5.18. The Morgan fingerprint density at radius 1 is 1.42 bits per heavy atom. The van der Waals surface area contributed by atoms with Crippen LogP contribution in [-0.2, 0) is 4.74 Å². The molecule has 1 aromatic rings. The van der Waals surface area contributed by atoms with E-state index in [4.69, 9.17) is 14.6 Å². The molecule has 0 atom stereocenters. The number of hydrogen-bond donors (Lipinski definition) is 2. The van der Waals surface area contributed by atoms with E-state index in [1.165, 1.54) is 6.07 Å². The number of nitrogens with one attached hydrogen (secondary N) is 1. The minimum Gasteiger partial charge on any atom is -0.497 e. The van der Waals surface area contributed by atoms with Gasteiger partial charge < -0.3 is 19.9 Å². The van der Waals surface area contributed by atoms with Crippen molar-refractivity contribution in [3.63, 3.8) is 0 Å². The lowest BCUT2D eigenvalue weighted by Gasteiger charge is -2.26. The Labute approximate surface area is 113 Å². The second kappa shape index (κ2) is 6.43. The lowest BCUT2D eigenvalue weighted by Crippen LogP contribution is -2.33. The SMILES string of the molecule is CCOC(C)(C)CNc1cc(OC)ccc1C(=O)O. The predicted molar refractivity (Wildman–Crippen MR) is 74.1 cm³/mol. The maximum Gasteiger partial charge on any atom is 0.337 e. The monoisotopic (exact) mass is 267 g/mol. The van der Waals surface area contributed by atoms with E-state index < -0.39 is 5.97 Å². The molecular formula is C14H21NO4. The van der Waals surface area contributed by atoms with Gasteiger partial charge in [0.05, 0.1) is 24.0 Å². The third kappa shape index (κ3) is 4.44. The predicted octanol–water partition coefficient (Wildman–Crippen LogP) is 2.62. The molecule has 5 nitrogen and oxygen atoms in total. The Balaban J connectivity index is 2.89. The molecule has 1 aromatic carbocycles. The van der Waals surface area contributed by atoms with Crippen LogP contribution in [0.2, 0.25) is 0 Å². The number of ether oxygens (including phenoxy) is 2. The summed E-state index contributed by atoms with van der Waals surface area (Å²) in [6, 6.07) is 4.82. The molecule has 0 aliphatic carbocycles. The van der Waals surface area contributed by atoms with Crippen LogP contribution in [0.5, 0.6) is 5.75 Å². The summed E-state index contributed by atoms with van der Waals surface area (Å²) in [6.07, 6.45) is 0. The fourth-order valence-corrected chi connectivity index (χ4v) is 1.73. The zero-order chi connectivity index (χ0) is 14.5. The maximum atomic E-state index is 11.2. The van der Waals surface area contributed by atoms with Gasteiger partial charge in [-0.2, -0.15) is 0 Å². The number of benzene rings is 1. The van der Waals surface area contributed by atoms with Gasteiger partial charge >= 0.3 is 5.97 Å². The molecule has 0 aliphatic rings. The van der Waals surface area contributed by atoms with Crippen molar-refractivity contribution in [1.29, 1.82) is 0 Å². The minimum atomic E-state index is -0.973. The normalized spacial score (nSPS) is 11.2. The van der Waals surface area contributed by atoms with E-state index in [2.05, 4.69) is 5.32 Å². The molecule has 0 radical (unpaired) electrons. The maximum absolute atomic E-state index is 11.2. The number of anilines is 1. The second-order valence-corrected chi connectivity index (χ2v) is 4.76. The average Bonchev–Trinajstić information content (AvgIpc) is 2.35. The van der Waals surface area contributed by atoms with Gasteiger partial charge in [-0.25, -0.2) is 4.79 Å². The van der Waals surface area contributed by atoms with Gasteiger partial charge in [0.2, 0.25) is 0 Å². The fourth-order valence-electron chi connectivity index (χ4n) is 1.73. The Morgan fingerprint density at radius 3 is 2.63 bits per heavy atom. The largest absolute Gasteiger partial charge is 0.497 e. The van der Waals surface area contributed by atoms with Crippen LogP contribution >= 0.6 is 0 Å². The highest BCUT2D eigenvalue weighted by atomic mass is 16.5. The van der Waals surface area contributed by atoms with Crippen LogP contribution in [-0.4, -0.2) is 36.9 Å². The lowest BCUT2D eigenvalue weighted by atomic mass is 10.1. The van der Waals surface area contributed by atoms with Gasteiger partial charge in [0, 0.05) is 19.2 Å². The highest BCUT2D eigenvalue weighted by Crippen LogP contribution is 2.23. The van der Waals surface area contributed by atoms with Crippen LogP contribution in [0.1, 0.15) is 31.1 Å². The van der Waals surface area contributed by atoms with Gasteiger partial charge in [0.15, 0.2) is 0 Å². The summed E-state index contributed by atoms with van der Waals surface area (Å²) in [5.41, 5.74) is 0.376. The van der Waals surface area contributed by atoms with Crippen LogP contribution < -0.4 is 10.1 Å². The number of aromatic carboxylic acids is 1. The van der Waals surface area contributed by atoms with E-state index >= 15 is 0 Å². The molecular weight excluding hydrogens is 246 g/mol. The van der Waals surface area contributed by atoms with Crippen LogP contribution in [0.15, 0.2) is 18.2 Å². The summed E-state index contributed by atoms with van der Waals surface area (Å²) in [6.45, 7) is 6.94. The summed E-state index contributed by atoms with van der Waals surface area (Å²) in [7, 11) is 1.55. The van der Waals surface area contributed by atoms with Crippen molar-refractivity contribution >= 4 is 11.7 Å². The minimum absolute atomic E-state index is 0.216. The fraction of sp³-hybridized carbons (Fsp3) is 0.500. The van der Waals surface area contributed by atoms with Gasteiger partial charge in [0.25, 0.3) is 0 Å².